The Bertz CT molecular complexity index is 1230. The molecule has 0 radical (unpaired) electrons. The second kappa shape index (κ2) is 13.0. The minimum absolute atomic E-state index is 0.00918. The number of piperazine rings is 1. The molecule has 2 N–H and O–H groups in total. The largest absolute Gasteiger partial charge is 0.493 e. The van der Waals surface area contributed by atoms with Crippen molar-refractivity contribution in [1.29, 1.82) is 0 Å². The molecule has 3 atom stereocenters. The molecule has 0 aromatic heterocycles. The van der Waals surface area contributed by atoms with E-state index in [1.54, 1.807) is 43.9 Å². The zero-order valence-corrected chi connectivity index (χ0v) is 23.2. The molecule has 2 heterocycles. The summed E-state index contributed by atoms with van der Waals surface area (Å²) in [6.07, 6.45) is 0.391. The molecule has 214 valence electrons. The van der Waals surface area contributed by atoms with Crippen LogP contribution in [0.3, 0.4) is 0 Å². The lowest BCUT2D eigenvalue weighted by molar-refractivity contribution is -0.149. The summed E-state index contributed by atoms with van der Waals surface area (Å²) in [6.45, 7) is 5.53. The number of amides is 3. The first-order chi connectivity index (χ1) is 19.2. The van der Waals surface area contributed by atoms with Crippen molar-refractivity contribution in [3.8, 4) is 5.75 Å². The first-order valence-electron chi connectivity index (χ1n) is 13.7. The highest BCUT2D eigenvalue weighted by Gasteiger charge is 2.53. The van der Waals surface area contributed by atoms with Crippen molar-refractivity contribution in [3.05, 3.63) is 59.7 Å². The minimum Gasteiger partial charge on any atom is -0.493 e. The first kappa shape index (κ1) is 29.1. The Morgan fingerprint density at radius 3 is 2.55 bits per heavy atom. The summed E-state index contributed by atoms with van der Waals surface area (Å²) >= 11 is 0. The van der Waals surface area contributed by atoms with Gasteiger partial charge in [-0.25, -0.2) is 0 Å². The van der Waals surface area contributed by atoms with Crippen LogP contribution in [0.4, 0.5) is 5.69 Å². The van der Waals surface area contributed by atoms with Crippen molar-refractivity contribution in [2.24, 2.45) is 5.92 Å². The molecule has 0 spiro atoms. The number of aliphatic hydroxyl groups excluding tert-OH is 1. The smallest absolute Gasteiger partial charge is 0.307 e. The molecule has 2 aliphatic rings. The Balaban J connectivity index is 1.75. The van der Waals surface area contributed by atoms with Gasteiger partial charge in [0.25, 0.3) is 0 Å². The van der Waals surface area contributed by atoms with Crippen LogP contribution in [-0.2, 0) is 30.3 Å². The van der Waals surface area contributed by atoms with E-state index < -0.39 is 24.1 Å². The van der Waals surface area contributed by atoms with E-state index in [0.29, 0.717) is 30.0 Å². The van der Waals surface area contributed by atoms with E-state index in [1.165, 1.54) is 4.90 Å². The molecule has 2 aromatic rings. The molecular weight excluding hydrogens is 514 g/mol. The van der Waals surface area contributed by atoms with Crippen molar-refractivity contribution in [1.82, 2.24) is 10.2 Å². The number of fused-ring (bicyclic) bond motifs is 3. The van der Waals surface area contributed by atoms with Gasteiger partial charge in [0.1, 0.15) is 12.3 Å². The zero-order chi connectivity index (χ0) is 28.8. The van der Waals surface area contributed by atoms with Crippen LogP contribution < -0.4 is 15.0 Å². The number of benzene rings is 2. The standard InChI is InChI=1S/C30H37N3O7/c1-4-39-27(37)17-24-29-28(31-30(38)19(2)3)22-16-21(40-14-8-13-34)11-12-23(22)33(29)26(36)18-32(24)25(35)15-20-9-6-5-7-10-20/h5-7,9-12,16,19,24,28-29,34H,4,8,13-15,17-18H2,1-3H3,(H,31,38)/t24?,28-,29+/m0/s1. The van der Waals surface area contributed by atoms with Crippen molar-refractivity contribution in [2.45, 2.75) is 58.2 Å². The minimum atomic E-state index is -0.739. The van der Waals surface area contributed by atoms with Gasteiger partial charge in [-0.2, -0.15) is 0 Å². The second-order valence-corrected chi connectivity index (χ2v) is 10.3. The number of carbonyl (C=O) groups is 4. The maximum absolute atomic E-state index is 13.7. The molecule has 2 aliphatic heterocycles. The Labute approximate surface area is 234 Å². The lowest BCUT2D eigenvalue weighted by Gasteiger charge is -2.45. The molecule has 2 aromatic carbocycles. The Kier molecular flexibility index (Phi) is 9.42. The molecule has 10 heteroatoms. The summed E-state index contributed by atoms with van der Waals surface area (Å²) in [5.74, 6) is -1.10. The average molecular weight is 552 g/mol. The number of carbonyl (C=O) groups excluding carboxylic acids is 4. The van der Waals surface area contributed by atoms with Crippen molar-refractivity contribution >= 4 is 29.4 Å². The quantitative estimate of drug-likeness (QED) is 0.325. The van der Waals surface area contributed by atoms with E-state index in [-0.39, 0.29) is 56.2 Å². The Hall–Kier alpha value is -3.92. The number of aliphatic hydroxyl groups is 1. The summed E-state index contributed by atoms with van der Waals surface area (Å²) < 4.78 is 11.1. The number of nitrogens with one attached hydrogen (secondary N) is 1. The number of rotatable bonds is 11. The van der Waals surface area contributed by atoms with Crippen LogP contribution in [-0.4, -0.2) is 72.1 Å². The van der Waals surface area contributed by atoms with E-state index in [4.69, 9.17) is 14.6 Å². The van der Waals surface area contributed by atoms with Gasteiger partial charge in [0.05, 0.1) is 44.2 Å². The molecule has 3 amide bonds. The van der Waals surface area contributed by atoms with Crippen LogP contribution in [0.15, 0.2) is 48.5 Å². The second-order valence-electron chi connectivity index (χ2n) is 10.3. The summed E-state index contributed by atoms with van der Waals surface area (Å²) in [7, 11) is 0. The van der Waals surface area contributed by atoms with Crippen LogP contribution in [0, 0.1) is 5.92 Å². The maximum Gasteiger partial charge on any atom is 0.307 e. The normalized spacial score (nSPS) is 19.7. The monoisotopic (exact) mass is 551 g/mol. The maximum atomic E-state index is 13.7. The van der Waals surface area contributed by atoms with Crippen LogP contribution in [0.2, 0.25) is 0 Å². The molecule has 10 nitrogen and oxygen atoms in total. The van der Waals surface area contributed by atoms with Gasteiger partial charge in [0.2, 0.25) is 17.7 Å². The molecule has 1 fully saturated rings. The van der Waals surface area contributed by atoms with Crippen molar-refractivity contribution in [2.75, 3.05) is 31.3 Å². The van der Waals surface area contributed by atoms with Gasteiger partial charge >= 0.3 is 5.97 Å². The molecule has 1 unspecified atom stereocenters. The van der Waals surface area contributed by atoms with Gasteiger partial charge in [-0.05, 0) is 30.7 Å². The summed E-state index contributed by atoms with van der Waals surface area (Å²) in [4.78, 5) is 56.2. The van der Waals surface area contributed by atoms with Gasteiger partial charge in [-0.3, -0.25) is 19.2 Å². The fourth-order valence-electron chi connectivity index (χ4n) is 5.31. The third-order valence-electron chi connectivity index (χ3n) is 7.20. The number of nitrogens with zero attached hydrogens (tertiary/aromatic N) is 2. The molecular formula is C30H37N3O7. The lowest BCUT2D eigenvalue weighted by Crippen LogP contribution is -2.65. The molecule has 1 saturated heterocycles. The molecule has 0 bridgehead atoms. The molecule has 4 rings (SSSR count). The average Bonchev–Trinajstić information content (AvgIpc) is 3.25. The zero-order valence-electron chi connectivity index (χ0n) is 23.2. The SMILES string of the molecule is CCOC(=O)CC1[C@@H]2[C@@H](NC(=O)C(C)C)c3cc(OCCCO)ccc3N2C(=O)CN1C(=O)Cc1ccccc1. The van der Waals surface area contributed by atoms with Gasteiger partial charge < -0.3 is 29.7 Å². The topological polar surface area (TPSA) is 125 Å². The van der Waals surface area contributed by atoms with Crippen molar-refractivity contribution in [3.63, 3.8) is 0 Å². The molecule has 40 heavy (non-hydrogen) atoms. The van der Waals surface area contributed by atoms with E-state index in [0.717, 1.165) is 5.56 Å². The third kappa shape index (κ3) is 6.28. The highest BCUT2D eigenvalue weighted by Crippen LogP contribution is 2.46. The van der Waals surface area contributed by atoms with Crippen LogP contribution in [0.5, 0.6) is 5.75 Å². The van der Waals surface area contributed by atoms with Crippen LogP contribution in [0.25, 0.3) is 0 Å². The van der Waals surface area contributed by atoms with Gasteiger partial charge in [0.15, 0.2) is 0 Å². The summed E-state index contributed by atoms with van der Waals surface area (Å²) in [6, 6.07) is 12.3. The predicted octanol–water partition coefficient (Wildman–Crippen LogP) is 2.38. The summed E-state index contributed by atoms with van der Waals surface area (Å²) in [5.41, 5.74) is 2.06. The molecule has 0 aliphatic carbocycles. The highest BCUT2D eigenvalue weighted by molar-refractivity contribution is 6.02. The van der Waals surface area contributed by atoms with Crippen molar-refractivity contribution < 1.29 is 33.8 Å². The van der Waals surface area contributed by atoms with Gasteiger partial charge in [0, 0.05) is 30.2 Å². The van der Waals surface area contributed by atoms with E-state index >= 15 is 0 Å². The Morgan fingerprint density at radius 1 is 1.12 bits per heavy atom. The summed E-state index contributed by atoms with van der Waals surface area (Å²) in [5, 5.41) is 12.2. The fourth-order valence-corrected chi connectivity index (χ4v) is 5.31. The van der Waals surface area contributed by atoms with E-state index in [1.807, 2.05) is 30.3 Å². The number of ether oxygens (including phenoxy) is 2. The predicted molar refractivity (Wildman–Crippen MR) is 148 cm³/mol. The number of esters is 1. The van der Waals surface area contributed by atoms with Crippen LogP contribution >= 0.6 is 0 Å². The Morgan fingerprint density at radius 2 is 1.88 bits per heavy atom. The number of anilines is 1. The lowest BCUT2D eigenvalue weighted by atomic mass is 9.91. The number of hydrogen-bond acceptors (Lipinski definition) is 7. The van der Waals surface area contributed by atoms with E-state index in [2.05, 4.69) is 5.32 Å². The number of hydrogen-bond donors (Lipinski definition) is 2. The van der Waals surface area contributed by atoms with Crippen LogP contribution in [0.1, 0.15) is 50.8 Å². The van der Waals surface area contributed by atoms with Gasteiger partial charge in [-0.1, -0.05) is 44.2 Å². The van der Waals surface area contributed by atoms with E-state index in [9.17, 15) is 19.2 Å². The highest BCUT2D eigenvalue weighted by atomic mass is 16.5. The fraction of sp³-hybridized carbons (Fsp3) is 0.467. The third-order valence-corrected chi connectivity index (χ3v) is 7.20. The first-order valence-corrected chi connectivity index (χ1v) is 13.7. The molecule has 0 saturated carbocycles. The van der Waals surface area contributed by atoms with Gasteiger partial charge in [-0.15, -0.1) is 0 Å².